The lowest BCUT2D eigenvalue weighted by molar-refractivity contribution is -0.137. The fraction of sp³-hybridized carbons (Fsp3) is 0.696. The third-order valence-electron chi connectivity index (χ3n) is 6.42. The molecule has 0 unspecified atom stereocenters. The average Bonchev–Trinajstić information content (AvgIpc) is 2.86. The van der Waals surface area contributed by atoms with E-state index in [1.807, 2.05) is 61.5 Å². The molecule has 2 aliphatic rings. The third-order valence-corrected chi connectivity index (χ3v) is 6.61. The van der Waals surface area contributed by atoms with E-state index < -0.39 is 36.1 Å². The minimum absolute atomic E-state index is 0.0820. The van der Waals surface area contributed by atoms with Gasteiger partial charge in [0.25, 0.3) is 0 Å². The second-order valence-electron chi connectivity index (χ2n) is 10.9. The minimum atomic E-state index is -0.693. The Morgan fingerprint density at radius 1 is 1.15 bits per heavy atom. The topological polar surface area (TPSA) is 81.2 Å². The monoisotopic (exact) mass is 479 g/mol. The molecule has 1 aromatic heterocycles. The van der Waals surface area contributed by atoms with Gasteiger partial charge in [-0.2, -0.15) is 0 Å². The molecule has 2 amide bonds. The lowest BCUT2D eigenvalue weighted by Gasteiger charge is -2.45. The fourth-order valence-corrected chi connectivity index (χ4v) is 4.40. The van der Waals surface area contributed by atoms with Crippen LogP contribution in [0.5, 0.6) is 0 Å². The van der Waals surface area contributed by atoms with Crippen molar-refractivity contribution in [3.8, 4) is 0 Å². The summed E-state index contributed by atoms with van der Waals surface area (Å²) in [5.41, 5.74) is -0.380. The maximum atomic E-state index is 12.8. The zero-order valence-corrected chi connectivity index (χ0v) is 21.8. The zero-order chi connectivity index (χ0) is 24.9. The van der Waals surface area contributed by atoms with E-state index >= 15 is 0 Å². The van der Waals surface area contributed by atoms with Crippen molar-refractivity contribution in [3.05, 3.63) is 22.8 Å². The molecule has 8 nitrogen and oxygen atoms in total. The Morgan fingerprint density at radius 3 is 2.24 bits per heavy atom. The summed E-state index contributed by atoms with van der Waals surface area (Å²) in [4.78, 5) is 33.3. The average molecular weight is 480 g/mol. The van der Waals surface area contributed by atoms with Gasteiger partial charge in [0, 0.05) is 26.1 Å². The molecule has 182 valence electrons. The molecule has 10 heteroatoms. The van der Waals surface area contributed by atoms with E-state index in [4.69, 9.17) is 25.6 Å². The Balaban J connectivity index is 1.96. The fourth-order valence-electron chi connectivity index (χ4n) is 4.17. The van der Waals surface area contributed by atoms with Gasteiger partial charge in [0.15, 0.2) is 0 Å². The number of aromatic nitrogens is 1. The summed E-state index contributed by atoms with van der Waals surface area (Å²) in [6.45, 7) is 17.5. The first-order chi connectivity index (χ1) is 15.0. The van der Waals surface area contributed by atoms with Crippen LogP contribution in [0.3, 0.4) is 0 Å². The molecule has 2 atom stereocenters. The predicted molar refractivity (Wildman–Crippen MR) is 127 cm³/mol. The van der Waals surface area contributed by atoms with E-state index in [0.717, 1.165) is 5.56 Å². The highest BCUT2D eigenvalue weighted by Gasteiger charge is 2.52. The largest absolute Gasteiger partial charge is 0.514 e. The maximum Gasteiger partial charge on any atom is 0.514 e. The Labute approximate surface area is 202 Å². The van der Waals surface area contributed by atoms with Gasteiger partial charge in [-0.25, -0.2) is 9.78 Å². The van der Waals surface area contributed by atoms with Gasteiger partial charge in [0.1, 0.15) is 10.8 Å². The number of amides is 2. The van der Waals surface area contributed by atoms with E-state index in [0.29, 0.717) is 12.1 Å². The lowest BCUT2D eigenvalue weighted by Crippen LogP contribution is -2.57. The molecular formula is C23H35BClN3O5. The summed E-state index contributed by atoms with van der Waals surface area (Å²) in [7, 11) is -0.693. The van der Waals surface area contributed by atoms with Crippen molar-refractivity contribution < 1.29 is 23.6 Å². The van der Waals surface area contributed by atoms with Gasteiger partial charge >= 0.3 is 13.2 Å². The van der Waals surface area contributed by atoms with Gasteiger partial charge in [-0.3, -0.25) is 4.79 Å². The number of rotatable bonds is 2. The van der Waals surface area contributed by atoms with E-state index in [2.05, 4.69) is 4.98 Å². The van der Waals surface area contributed by atoms with Crippen molar-refractivity contribution in [1.29, 1.82) is 0 Å². The standard InChI is InChI=1S/C23H35BClN3O5/c1-14-12-27(20(30)31-21(3,4)5)13-17(28(14)15(2)29)16-10-18(26-19(25)11-16)24-32-22(6,7)23(8,9)33-24/h10-11,14,17H,12-13H2,1-9H3/t14-,17-/m0/s1. The van der Waals surface area contributed by atoms with Crippen molar-refractivity contribution in [2.24, 2.45) is 0 Å². The number of nitrogens with zero attached hydrogens (tertiary/aromatic N) is 3. The summed E-state index contributed by atoms with van der Waals surface area (Å²) in [5, 5.41) is 0.266. The highest BCUT2D eigenvalue weighted by molar-refractivity contribution is 6.61. The molecule has 33 heavy (non-hydrogen) atoms. The predicted octanol–water partition coefficient (Wildman–Crippen LogP) is 3.56. The Bertz CT molecular complexity index is 917. The van der Waals surface area contributed by atoms with E-state index in [-0.39, 0.29) is 23.6 Å². The second-order valence-corrected chi connectivity index (χ2v) is 11.3. The van der Waals surface area contributed by atoms with E-state index in [1.165, 1.54) is 6.92 Å². The SMILES string of the molecule is CC(=O)N1[C@@H](C)CN(C(=O)OC(C)(C)C)C[C@H]1c1cc(Cl)nc(B2OC(C)(C)C(C)(C)O2)c1. The Kier molecular flexibility index (Phi) is 6.83. The number of halogens is 1. The van der Waals surface area contributed by atoms with Crippen molar-refractivity contribution in [2.45, 2.75) is 91.2 Å². The molecule has 3 rings (SSSR count). The number of pyridine rings is 1. The van der Waals surface area contributed by atoms with Gasteiger partial charge in [-0.15, -0.1) is 0 Å². The van der Waals surface area contributed by atoms with Crippen LogP contribution in [-0.4, -0.2) is 69.8 Å². The smallest absolute Gasteiger partial charge is 0.444 e. The Morgan fingerprint density at radius 2 is 1.73 bits per heavy atom. The number of carbonyl (C=O) groups is 2. The highest BCUT2D eigenvalue weighted by atomic mass is 35.5. The molecule has 2 aliphatic heterocycles. The van der Waals surface area contributed by atoms with Crippen LogP contribution in [-0.2, 0) is 18.8 Å². The molecule has 0 saturated carbocycles. The minimum Gasteiger partial charge on any atom is -0.444 e. The second kappa shape index (κ2) is 8.75. The van der Waals surface area contributed by atoms with Crippen molar-refractivity contribution >= 4 is 36.3 Å². The lowest BCUT2D eigenvalue weighted by atomic mass is 9.82. The van der Waals surface area contributed by atoms with Crippen LogP contribution < -0.4 is 5.59 Å². The first kappa shape index (κ1) is 25.8. The van der Waals surface area contributed by atoms with Crippen molar-refractivity contribution in [3.63, 3.8) is 0 Å². The summed E-state index contributed by atoms with van der Waals surface area (Å²) >= 11 is 6.41. The normalized spacial score (nSPS) is 24.7. The zero-order valence-electron chi connectivity index (χ0n) is 21.1. The molecule has 2 saturated heterocycles. The van der Waals surface area contributed by atoms with Crippen LogP contribution >= 0.6 is 11.6 Å². The van der Waals surface area contributed by atoms with Crippen molar-refractivity contribution in [2.75, 3.05) is 13.1 Å². The number of piperazine rings is 1. The highest BCUT2D eigenvalue weighted by Crippen LogP contribution is 2.37. The summed E-state index contributed by atoms with van der Waals surface area (Å²) in [5.74, 6) is -0.0820. The molecule has 0 aromatic carbocycles. The van der Waals surface area contributed by atoms with Gasteiger partial charge in [0.2, 0.25) is 5.91 Å². The van der Waals surface area contributed by atoms with Crippen LogP contribution in [0.1, 0.15) is 73.9 Å². The van der Waals surface area contributed by atoms with E-state index in [9.17, 15) is 9.59 Å². The maximum absolute atomic E-state index is 12.8. The van der Waals surface area contributed by atoms with Gasteiger partial charge < -0.3 is 23.8 Å². The van der Waals surface area contributed by atoms with Crippen LogP contribution in [0.2, 0.25) is 5.15 Å². The number of ether oxygens (including phenoxy) is 1. The van der Waals surface area contributed by atoms with E-state index in [1.54, 1.807) is 15.9 Å². The number of hydrogen-bond donors (Lipinski definition) is 0. The first-order valence-corrected chi connectivity index (χ1v) is 11.7. The molecule has 0 spiro atoms. The first-order valence-electron chi connectivity index (χ1n) is 11.3. The summed E-state index contributed by atoms with van der Waals surface area (Å²) in [6, 6.07) is 2.95. The van der Waals surface area contributed by atoms with Gasteiger partial charge in [0.05, 0.1) is 22.8 Å². The van der Waals surface area contributed by atoms with Crippen LogP contribution in [0.15, 0.2) is 12.1 Å². The van der Waals surface area contributed by atoms with Crippen LogP contribution in [0.25, 0.3) is 0 Å². The van der Waals surface area contributed by atoms with Crippen molar-refractivity contribution in [1.82, 2.24) is 14.8 Å². The number of carbonyl (C=O) groups excluding carboxylic acids is 2. The molecule has 0 radical (unpaired) electrons. The van der Waals surface area contributed by atoms with Crippen LogP contribution in [0.4, 0.5) is 4.79 Å². The van der Waals surface area contributed by atoms with Crippen LogP contribution in [0, 0.1) is 0 Å². The molecule has 0 N–H and O–H groups in total. The van der Waals surface area contributed by atoms with Gasteiger partial charge in [-0.1, -0.05) is 11.6 Å². The molecule has 0 bridgehead atoms. The third kappa shape index (κ3) is 5.47. The quantitative estimate of drug-likeness (QED) is 0.476. The number of hydrogen-bond acceptors (Lipinski definition) is 6. The Hall–Kier alpha value is -1.84. The molecule has 2 fully saturated rings. The molecular weight excluding hydrogens is 445 g/mol. The molecule has 0 aliphatic carbocycles. The van der Waals surface area contributed by atoms with Gasteiger partial charge in [-0.05, 0) is 73.1 Å². The summed E-state index contributed by atoms with van der Waals surface area (Å²) < 4.78 is 17.9. The molecule has 3 heterocycles. The summed E-state index contributed by atoms with van der Waals surface area (Å²) in [6.07, 6.45) is -0.408. The molecule has 1 aromatic rings.